The molecular weight excluding hydrogens is 294 g/mol. The van der Waals surface area contributed by atoms with E-state index in [4.69, 9.17) is 4.74 Å². The van der Waals surface area contributed by atoms with Gasteiger partial charge < -0.3 is 20.3 Å². The molecule has 0 radical (unpaired) electrons. The molecule has 1 aliphatic heterocycles. The highest BCUT2D eigenvalue weighted by molar-refractivity contribution is 5.81. The molecule has 0 aromatic carbocycles. The third-order valence-corrected chi connectivity index (χ3v) is 3.88. The molecule has 2 N–H and O–H groups in total. The molecule has 2 atom stereocenters. The van der Waals surface area contributed by atoms with Crippen molar-refractivity contribution in [2.24, 2.45) is 5.92 Å². The summed E-state index contributed by atoms with van der Waals surface area (Å²) in [4.78, 5) is 26.0. The van der Waals surface area contributed by atoms with Gasteiger partial charge in [-0.2, -0.15) is 0 Å². The second-order valence-electron chi connectivity index (χ2n) is 7.67. The van der Waals surface area contributed by atoms with Gasteiger partial charge in [-0.25, -0.2) is 4.79 Å². The Kier molecular flexibility index (Phi) is 7.32. The smallest absolute Gasteiger partial charge is 0.410 e. The van der Waals surface area contributed by atoms with Crippen LogP contribution in [0, 0.1) is 5.92 Å². The zero-order valence-electron chi connectivity index (χ0n) is 15.4. The van der Waals surface area contributed by atoms with Crippen molar-refractivity contribution in [1.29, 1.82) is 0 Å². The van der Waals surface area contributed by atoms with Gasteiger partial charge in [-0.15, -0.1) is 0 Å². The molecule has 1 fully saturated rings. The van der Waals surface area contributed by atoms with Crippen LogP contribution in [0.2, 0.25) is 0 Å². The molecule has 0 spiro atoms. The minimum Gasteiger partial charge on any atom is -0.444 e. The van der Waals surface area contributed by atoms with Crippen LogP contribution in [-0.4, -0.2) is 54.7 Å². The fraction of sp³-hybridized carbons (Fsp3) is 0.882. The van der Waals surface area contributed by atoms with Gasteiger partial charge in [0.25, 0.3) is 0 Å². The molecule has 6 heteroatoms. The fourth-order valence-corrected chi connectivity index (χ4v) is 2.82. The summed E-state index contributed by atoms with van der Waals surface area (Å²) in [7, 11) is 1.65. The first-order chi connectivity index (χ1) is 10.6. The van der Waals surface area contributed by atoms with E-state index >= 15 is 0 Å². The van der Waals surface area contributed by atoms with Crippen molar-refractivity contribution in [3.63, 3.8) is 0 Å². The number of nitrogens with zero attached hydrogens (tertiary/aromatic N) is 1. The molecule has 0 aromatic heterocycles. The average molecular weight is 327 g/mol. The number of likely N-dealkylation sites (N-methyl/N-ethyl adjacent to an activating group) is 1. The van der Waals surface area contributed by atoms with E-state index in [0.717, 1.165) is 25.8 Å². The number of rotatable bonds is 6. The number of amides is 2. The Morgan fingerprint density at radius 2 is 1.96 bits per heavy atom. The lowest BCUT2D eigenvalue weighted by molar-refractivity contribution is -0.123. The normalized spacial score (nSPS) is 19.8. The molecule has 6 nitrogen and oxygen atoms in total. The summed E-state index contributed by atoms with van der Waals surface area (Å²) in [6.45, 7) is 11.1. The lowest BCUT2D eigenvalue weighted by Crippen LogP contribution is -2.50. The first-order valence-electron chi connectivity index (χ1n) is 8.58. The Morgan fingerprint density at radius 1 is 1.30 bits per heavy atom. The van der Waals surface area contributed by atoms with Crippen molar-refractivity contribution in [2.45, 2.75) is 71.6 Å². The van der Waals surface area contributed by atoms with Crippen molar-refractivity contribution >= 4 is 12.0 Å². The van der Waals surface area contributed by atoms with Crippen LogP contribution >= 0.6 is 0 Å². The van der Waals surface area contributed by atoms with E-state index in [1.54, 1.807) is 11.9 Å². The summed E-state index contributed by atoms with van der Waals surface area (Å²) in [5.41, 5.74) is -0.486. The van der Waals surface area contributed by atoms with E-state index in [1.807, 2.05) is 20.8 Å². The van der Waals surface area contributed by atoms with Gasteiger partial charge in [0.1, 0.15) is 5.60 Å². The maximum absolute atomic E-state index is 12.3. The molecule has 0 saturated carbocycles. The minimum absolute atomic E-state index is 0.000477. The summed E-state index contributed by atoms with van der Waals surface area (Å²) >= 11 is 0. The summed E-state index contributed by atoms with van der Waals surface area (Å²) < 4.78 is 5.47. The molecule has 134 valence electrons. The zero-order chi connectivity index (χ0) is 17.6. The number of hydrogen-bond donors (Lipinski definition) is 2. The molecule has 0 aliphatic carbocycles. The van der Waals surface area contributed by atoms with Gasteiger partial charge in [-0.05, 0) is 46.0 Å². The van der Waals surface area contributed by atoms with E-state index in [0.29, 0.717) is 12.5 Å². The van der Waals surface area contributed by atoms with Gasteiger partial charge in [0.05, 0.1) is 6.04 Å². The lowest BCUT2D eigenvalue weighted by Gasteiger charge is -2.30. The molecule has 23 heavy (non-hydrogen) atoms. The number of hydrogen-bond acceptors (Lipinski definition) is 4. The van der Waals surface area contributed by atoms with E-state index in [1.165, 1.54) is 0 Å². The van der Waals surface area contributed by atoms with Crippen LogP contribution in [0.3, 0.4) is 0 Å². The molecule has 1 rings (SSSR count). The number of likely N-dealkylation sites (tertiary alicyclic amines) is 1. The molecule has 1 aliphatic rings. The van der Waals surface area contributed by atoms with Crippen LogP contribution < -0.4 is 10.6 Å². The number of carbonyl (C=O) groups excluding carboxylic acids is 2. The summed E-state index contributed by atoms with van der Waals surface area (Å²) in [6, 6.07) is -0.134. The number of carbonyl (C=O) groups is 2. The van der Waals surface area contributed by atoms with Gasteiger partial charge in [0.15, 0.2) is 0 Å². The van der Waals surface area contributed by atoms with Crippen molar-refractivity contribution in [3.05, 3.63) is 0 Å². The van der Waals surface area contributed by atoms with Crippen molar-refractivity contribution in [3.8, 4) is 0 Å². The predicted molar refractivity (Wildman–Crippen MR) is 91.3 cm³/mol. The van der Waals surface area contributed by atoms with Gasteiger partial charge >= 0.3 is 6.09 Å². The maximum Gasteiger partial charge on any atom is 0.410 e. The highest BCUT2D eigenvalue weighted by Crippen LogP contribution is 2.20. The average Bonchev–Trinajstić information content (AvgIpc) is 2.88. The standard InChI is InChI=1S/C17H33N3O3/c1-12(2)10-14(15(21)18-6)19-11-13-8-7-9-20(13)16(22)23-17(3,4)5/h12-14,19H,7-11H2,1-6H3,(H,18,21). The minimum atomic E-state index is -0.486. The first-order valence-corrected chi connectivity index (χ1v) is 8.58. The second kappa shape index (κ2) is 8.52. The third-order valence-electron chi connectivity index (χ3n) is 3.88. The Labute approximate surface area is 140 Å². The van der Waals surface area contributed by atoms with E-state index in [9.17, 15) is 9.59 Å². The molecule has 2 unspecified atom stereocenters. The van der Waals surface area contributed by atoms with E-state index < -0.39 is 5.60 Å². The predicted octanol–water partition coefficient (Wildman–Crippen LogP) is 2.14. The lowest BCUT2D eigenvalue weighted by atomic mass is 10.0. The topological polar surface area (TPSA) is 70.7 Å². The van der Waals surface area contributed by atoms with Gasteiger partial charge in [-0.1, -0.05) is 13.8 Å². The highest BCUT2D eigenvalue weighted by Gasteiger charge is 2.32. The summed E-state index contributed by atoms with van der Waals surface area (Å²) in [5.74, 6) is 0.427. The molecule has 2 amide bonds. The number of nitrogens with one attached hydrogen (secondary N) is 2. The molecular formula is C17H33N3O3. The van der Waals surface area contributed by atoms with Crippen molar-refractivity contribution < 1.29 is 14.3 Å². The molecule has 1 saturated heterocycles. The fourth-order valence-electron chi connectivity index (χ4n) is 2.82. The van der Waals surface area contributed by atoms with Gasteiger partial charge in [0, 0.05) is 26.2 Å². The van der Waals surface area contributed by atoms with Crippen LogP contribution in [0.5, 0.6) is 0 Å². The second-order valence-corrected chi connectivity index (χ2v) is 7.67. The quantitative estimate of drug-likeness (QED) is 0.784. The van der Waals surface area contributed by atoms with E-state index in [2.05, 4.69) is 24.5 Å². The van der Waals surface area contributed by atoms with Gasteiger partial charge in [-0.3, -0.25) is 4.79 Å². The monoisotopic (exact) mass is 327 g/mol. The molecule has 0 bridgehead atoms. The Bertz CT molecular complexity index is 404. The molecule has 0 aromatic rings. The van der Waals surface area contributed by atoms with Crippen LogP contribution in [-0.2, 0) is 9.53 Å². The van der Waals surface area contributed by atoms with Crippen LogP contribution in [0.1, 0.15) is 53.9 Å². The largest absolute Gasteiger partial charge is 0.444 e. The Hall–Kier alpha value is -1.30. The summed E-state index contributed by atoms with van der Waals surface area (Å²) in [5, 5.41) is 6.03. The maximum atomic E-state index is 12.3. The SMILES string of the molecule is CNC(=O)C(CC(C)C)NCC1CCCN1C(=O)OC(C)(C)C. The highest BCUT2D eigenvalue weighted by atomic mass is 16.6. The Balaban J connectivity index is 2.59. The third kappa shape index (κ3) is 6.77. The number of ether oxygens (including phenoxy) is 1. The van der Waals surface area contributed by atoms with Crippen molar-refractivity contribution in [1.82, 2.24) is 15.5 Å². The van der Waals surface area contributed by atoms with E-state index in [-0.39, 0.29) is 24.1 Å². The van der Waals surface area contributed by atoms with Crippen LogP contribution in [0.4, 0.5) is 4.79 Å². The summed E-state index contributed by atoms with van der Waals surface area (Å²) in [6.07, 6.45) is 2.43. The van der Waals surface area contributed by atoms with Crippen LogP contribution in [0.25, 0.3) is 0 Å². The zero-order valence-corrected chi connectivity index (χ0v) is 15.4. The molecule has 1 heterocycles. The van der Waals surface area contributed by atoms with Gasteiger partial charge in [0.2, 0.25) is 5.91 Å². The van der Waals surface area contributed by atoms with Crippen molar-refractivity contribution in [2.75, 3.05) is 20.1 Å². The Morgan fingerprint density at radius 3 is 2.48 bits per heavy atom. The first kappa shape index (κ1) is 19.7. The van der Waals surface area contributed by atoms with Crippen LogP contribution in [0.15, 0.2) is 0 Å².